The van der Waals surface area contributed by atoms with E-state index in [1.165, 1.54) is 11.9 Å². The van der Waals surface area contributed by atoms with Crippen molar-refractivity contribution in [3.63, 3.8) is 0 Å². The number of hydrogen-bond acceptors (Lipinski definition) is 5. The predicted octanol–water partition coefficient (Wildman–Crippen LogP) is 4.15. The number of carbonyl (C=O) groups is 1. The molecule has 2 aromatic rings. The minimum absolute atomic E-state index is 0.352. The summed E-state index contributed by atoms with van der Waals surface area (Å²) in [5.74, 6) is 0.962. The normalized spacial score (nSPS) is 11.0. The van der Waals surface area contributed by atoms with Crippen molar-refractivity contribution >= 4 is 29.0 Å². The van der Waals surface area contributed by atoms with E-state index in [4.69, 9.17) is 21.7 Å². The lowest BCUT2D eigenvalue weighted by molar-refractivity contribution is 0.155. The van der Waals surface area contributed by atoms with Gasteiger partial charge in [0.1, 0.15) is 17.5 Å². The van der Waals surface area contributed by atoms with Crippen molar-refractivity contribution in [1.82, 2.24) is 4.90 Å². The van der Waals surface area contributed by atoms with Crippen LogP contribution in [0.4, 0.5) is 10.5 Å². The third-order valence-electron chi connectivity index (χ3n) is 3.57. The molecule has 1 N–H and O–H groups in total. The van der Waals surface area contributed by atoms with Gasteiger partial charge in [0.15, 0.2) is 0 Å². The fourth-order valence-electron chi connectivity index (χ4n) is 2.32. The molecule has 0 saturated heterocycles. The van der Waals surface area contributed by atoms with Crippen LogP contribution in [0.15, 0.2) is 48.5 Å². The highest BCUT2D eigenvalue weighted by Gasteiger charge is 2.23. The van der Waals surface area contributed by atoms with E-state index in [0.717, 1.165) is 5.69 Å². The number of hydrogen-bond donors (Lipinski definition) is 1. The molecule has 0 heterocycles. The number of benzene rings is 2. The molecule has 0 radical (unpaired) electrons. The molecule has 0 aliphatic carbocycles. The summed E-state index contributed by atoms with van der Waals surface area (Å²) in [5.41, 5.74) is 1.35. The van der Waals surface area contributed by atoms with E-state index in [0.29, 0.717) is 22.1 Å². The Bertz CT molecular complexity index is 848. The van der Waals surface area contributed by atoms with E-state index in [2.05, 4.69) is 11.4 Å². The molecule has 134 valence electrons. The van der Waals surface area contributed by atoms with Gasteiger partial charge in [0.05, 0.1) is 18.2 Å². The minimum Gasteiger partial charge on any atom is -0.497 e. The van der Waals surface area contributed by atoms with Gasteiger partial charge in [-0.1, -0.05) is 30.4 Å². The maximum absolute atomic E-state index is 12.4. The van der Waals surface area contributed by atoms with Crippen molar-refractivity contribution in [1.29, 1.82) is 5.26 Å². The Labute approximate surface area is 157 Å². The molecule has 6 nitrogen and oxygen atoms in total. The molecule has 0 spiro atoms. The highest BCUT2D eigenvalue weighted by atomic mass is 32.1. The molecule has 2 aromatic carbocycles. The van der Waals surface area contributed by atoms with Crippen LogP contribution in [0.5, 0.6) is 11.5 Å². The number of methoxy groups -OCH3 is 1. The van der Waals surface area contributed by atoms with Crippen LogP contribution in [-0.4, -0.2) is 30.1 Å². The van der Waals surface area contributed by atoms with Crippen molar-refractivity contribution in [3.05, 3.63) is 54.1 Å². The lowest BCUT2D eigenvalue weighted by Gasteiger charge is -2.22. The SMILES string of the molecule is COc1cccc(C(C#N)N(C)C(=O)Oc2cccc(NC(C)=S)c2)c1. The number of anilines is 1. The Hall–Kier alpha value is -3.11. The third kappa shape index (κ3) is 4.94. The summed E-state index contributed by atoms with van der Waals surface area (Å²) in [4.78, 5) is 14.3. The van der Waals surface area contributed by atoms with E-state index < -0.39 is 12.1 Å². The monoisotopic (exact) mass is 369 g/mol. The molecular formula is C19H19N3O3S. The fourth-order valence-corrected chi connectivity index (χ4v) is 2.43. The van der Waals surface area contributed by atoms with Gasteiger partial charge < -0.3 is 14.8 Å². The Kier molecular flexibility index (Phi) is 6.53. The molecule has 0 bridgehead atoms. The molecule has 0 fully saturated rings. The van der Waals surface area contributed by atoms with Gasteiger partial charge in [0.2, 0.25) is 0 Å². The zero-order valence-electron chi connectivity index (χ0n) is 14.7. The van der Waals surface area contributed by atoms with Crippen molar-refractivity contribution in [3.8, 4) is 17.6 Å². The lowest BCUT2D eigenvalue weighted by Crippen LogP contribution is -2.33. The predicted molar refractivity (Wildman–Crippen MR) is 103 cm³/mol. The quantitative estimate of drug-likeness (QED) is 0.798. The fraction of sp³-hybridized carbons (Fsp3) is 0.211. The van der Waals surface area contributed by atoms with Gasteiger partial charge in [0.25, 0.3) is 0 Å². The zero-order chi connectivity index (χ0) is 19.1. The van der Waals surface area contributed by atoms with Crippen LogP contribution in [0.25, 0.3) is 0 Å². The average molecular weight is 369 g/mol. The number of carbonyl (C=O) groups excluding carboxylic acids is 1. The second-order valence-corrected chi connectivity index (χ2v) is 6.11. The van der Waals surface area contributed by atoms with Crippen LogP contribution >= 0.6 is 12.2 Å². The summed E-state index contributed by atoms with van der Waals surface area (Å²) in [5, 5.41) is 12.5. The number of amides is 1. The average Bonchev–Trinajstić information content (AvgIpc) is 2.62. The second-order valence-electron chi connectivity index (χ2n) is 5.50. The molecule has 7 heteroatoms. The van der Waals surface area contributed by atoms with E-state index >= 15 is 0 Å². The maximum atomic E-state index is 12.4. The minimum atomic E-state index is -0.804. The van der Waals surface area contributed by atoms with E-state index in [1.807, 2.05) is 6.07 Å². The molecule has 2 rings (SSSR count). The standard InChI is InChI=1S/C19H19N3O3S/c1-13(26)21-15-7-5-9-17(11-15)25-19(23)22(2)18(12-20)14-6-4-8-16(10-14)24-3/h4-11,18H,1-3H3,(H,21,26). The Morgan fingerprint density at radius 2 is 1.92 bits per heavy atom. The first-order valence-electron chi connectivity index (χ1n) is 7.80. The number of nitrogens with one attached hydrogen (secondary N) is 1. The van der Waals surface area contributed by atoms with Crippen LogP contribution in [0.3, 0.4) is 0 Å². The highest BCUT2D eigenvalue weighted by molar-refractivity contribution is 7.80. The molecule has 1 unspecified atom stereocenters. The van der Waals surface area contributed by atoms with Crippen LogP contribution in [0.1, 0.15) is 18.5 Å². The van der Waals surface area contributed by atoms with Crippen LogP contribution in [0.2, 0.25) is 0 Å². The van der Waals surface area contributed by atoms with Crippen molar-refractivity contribution in [2.75, 3.05) is 19.5 Å². The van der Waals surface area contributed by atoms with Crippen molar-refractivity contribution in [2.24, 2.45) is 0 Å². The number of thiocarbonyl (C=S) groups is 1. The van der Waals surface area contributed by atoms with Crippen LogP contribution in [0, 0.1) is 11.3 Å². The van der Waals surface area contributed by atoms with Crippen LogP contribution < -0.4 is 14.8 Å². The van der Waals surface area contributed by atoms with Crippen LogP contribution in [-0.2, 0) is 0 Å². The first-order chi connectivity index (χ1) is 12.4. The molecular weight excluding hydrogens is 350 g/mol. The lowest BCUT2D eigenvalue weighted by atomic mass is 10.1. The molecule has 0 aromatic heterocycles. The van der Waals surface area contributed by atoms with E-state index in [1.54, 1.807) is 56.5 Å². The van der Waals surface area contributed by atoms with Gasteiger partial charge in [-0.15, -0.1) is 0 Å². The summed E-state index contributed by atoms with van der Waals surface area (Å²) in [7, 11) is 3.06. The molecule has 0 aliphatic heterocycles. The Morgan fingerprint density at radius 1 is 1.23 bits per heavy atom. The number of nitrogens with zero attached hydrogens (tertiary/aromatic N) is 2. The summed E-state index contributed by atoms with van der Waals surface area (Å²) >= 11 is 5.00. The third-order valence-corrected chi connectivity index (χ3v) is 3.67. The topological polar surface area (TPSA) is 74.6 Å². The molecule has 26 heavy (non-hydrogen) atoms. The molecule has 1 atom stereocenters. The smallest absolute Gasteiger partial charge is 0.416 e. The number of ether oxygens (including phenoxy) is 2. The molecule has 1 amide bonds. The maximum Gasteiger partial charge on any atom is 0.416 e. The van der Waals surface area contributed by atoms with Crippen molar-refractivity contribution in [2.45, 2.75) is 13.0 Å². The summed E-state index contributed by atoms with van der Waals surface area (Å²) < 4.78 is 10.5. The Morgan fingerprint density at radius 3 is 2.58 bits per heavy atom. The molecule has 0 saturated carbocycles. The number of nitriles is 1. The molecule has 0 aliphatic rings. The van der Waals surface area contributed by atoms with Gasteiger partial charge in [-0.25, -0.2) is 4.79 Å². The summed E-state index contributed by atoms with van der Waals surface area (Å²) in [6.07, 6.45) is -0.643. The second kappa shape index (κ2) is 8.83. The van der Waals surface area contributed by atoms with E-state index in [-0.39, 0.29) is 0 Å². The largest absolute Gasteiger partial charge is 0.497 e. The first kappa shape index (κ1) is 19.2. The van der Waals surface area contributed by atoms with Gasteiger partial charge in [-0.05, 0) is 36.8 Å². The summed E-state index contributed by atoms with van der Waals surface area (Å²) in [6.45, 7) is 1.76. The van der Waals surface area contributed by atoms with Crippen molar-refractivity contribution < 1.29 is 14.3 Å². The first-order valence-corrected chi connectivity index (χ1v) is 8.21. The van der Waals surface area contributed by atoms with Gasteiger partial charge in [-0.3, -0.25) is 4.90 Å². The van der Waals surface area contributed by atoms with Gasteiger partial charge >= 0.3 is 6.09 Å². The Balaban J connectivity index is 2.15. The number of rotatable bonds is 5. The van der Waals surface area contributed by atoms with Gasteiger partial charge in [0, 0.05) is 18.8 Å². The van der Waals surface area contributed by atoms with E-state index in [9.17, 15) is 10.1 Å². The zero-order valence-corrected chi connectivity index (χ0v) is 15.5. The summed E-state index contributed by atoms with van der Waals surface area (Å²) in [6, 6.07) is 15.2. The highest BCUT2D eigenvalue weighted by Crippen LogP contribution is 2.24. The van der Waals surface area contributed by atoms with Gasteiger partial charge in [-0.2, -0.15) is 5.26 Å².